The van der Waals surface area contributed by atoms with Crippen LogP contribution in [-0.2, 0) is 0 Å². The Hall–Kier alpha value is -5.93. The zero-order valence-corrected chi connectivity index (χ0v) is 23.8. The fraction of sp³-hybridized carbons (Fsp3) is 0. The molecule has 0 N–H and O–H groups in total. The number of para-hydroxylation sites is 2. The third-order valence-corrected chi connectivity index (χ3v) is 8.63. The van der Waals surface area contributed by atoms with Crippen molar-refractivity contribution in [3.8, 4) is 11.1 Å². The molecule has 0 atom stereocenters. The second-order valence-corrected chi connectivity index (χ2v) is 11.2. The van der Waals surface area contributed by atoms with E-state index in [9.17, 15) is 0 Å². The molecule has 44 heavy (non-hydrogen) atoms. The fourth-order valence-corrected chi connectivity index (χ4v) is 6.53. The van der Waals surface area contributed by atoms with Gasteiger partial charge in [0.1, 0.15) is 5.58 Å². The van der Waals surface area contributed by atoms with Crippen molar-refractivity contribution in [2.75, 3.05) is 4.90 Å². The summed E-state index contributed by atoms with van der Waals surface area (Å²) >= 11 is 0. The van der Waals surface area contributed by atoms with Crippen molar-refractivity contribution in [1.82, 2.24) is 4.98 Å². The number of aromatic nitrogens is 1. The molecule has 3 nitrogen and oxygen atoms in total. The third-order valence-electron chi connectivity index (χ3n) is 8.63. The lowest BCUT2D eigenvalue weighted by Crippen LogP contribution is -2.12. The van der Waals surface area contributed by atoms with Gasteiger partial charge < -0.3 is 4.42 Å². The SMILES string of the molecule is c1ccc(-c2ccc(N(c3ccc4ccc5ccccc5c4c3)c3nc4ccccc4c4c3oc3ccccc34)cc2)cc1. The predicted molar refractivity (Wildman–Crippen MR) is 184 cm³/mol. The summed E-state index contributed by atoms with van der Waals surface area (Å²) in [6.07, 6.45) is 0. The lowest BCUT2D eigenvalue weighted by Gasteiger charge is -2.25. The van der Waals surface area contributed by atoms with Crippen LogP contribution in [0.5, 0.6) is 0 Å². The monoisotopic (exact) mass is 562 g/mol. The van der Waals surface area contributed by atoms with E-state index in [1.165, 1.54) is 32.7 Å². The molecule has 206 valence electrons. The number of benzene rings is 7. The Morgan fingerprint density at radius 3 is 1.91 bits per heavy atom. The zero-order chi connectivity index (χ0) is 29.0. The van der Waals surface area contributed by atoms with Gasteiger partial charge in [-0.3, -0.25) is 4.90 Å². The maximum absolute atomic E-state index is 6.66. The topological polar surface area (TPSA) is 29.3 Å². The molecule has 0 aliphatic carbocycles. The molecule has 0 saturated heterocycles. The van der Waals surface area contributed by atoms with E-state index >= 15 is 0 Å². The summed E-state index contributed by atoms with van der Waals surface area (Å²) in [5.41, 5.74) is 6.93. The predicted octanol–water partition coefficient (Wildman–Crippen LogP) is 11.6. The Kier molecular flexibility index (Phi) is 5.50. The van der Waals surface area contributed by atoms with Crippen LogP contribution in [0.1, 0.15) is 0 Å². The molecule has 9 aromatic rings. The van der Waals surface area contributed by atoms with E-state index in [0.29, 0.717) is 0 Å². The molecule has 0 bridgehead atoms. The lowest BCUT2D eigenvalue weighted by atomic mass is 10.0. The second kappa shape index (κ2) is 9.82. The number of anilines is 3. The van der Waals surface area contributed by atoms with Crippen LogP contribution in [0.4, 0.5) is 17.2 Å². The zero-order valence-electron chi connectivity index (χ0n) is 23.8. The van der Waals surface area contributed by atoms with Gasteiger partial charge in [-0.1, -0.05) is 121 Å². The van der Waals surface area contributed by atoms with Crippen molar-refractivity contribution < 1.29 is 4.42 Å². The molecule has 9 rings (SSSR count). The first-order chi connectivity index (χ1) is 21.8. The van der Waals surface area contributed by atoms with Gasteiger partial charge in [0, 0.05) is 27.5 Å². The van der Waals surface area contributed by atoms with Gasteiger partial charge >= 0.3 is 0 Å². The van der Waals surface area contributed by atoms with E-state index in [1.54, 1.807) is 0 Å². The van der Waals surface area contributed by atoms with Gasteiger partial charge in [0.15, 0.2) is 11.4 Å². The van der Waals surface area contributed by atoms with Crippen molar-refractivity contribution in [2.24, 2.45) is 0 Å². The Bertz CT molecular complexity index is 2490. The van der Waals surface area contributed by atoms with Crippen molar-refractivity contribution >= 4 is 71.6 Å². The minimum Gasteiger partial charge on any atom is -0.452 e. The van der Waals surface area contributed by atoms with Crippen LogP contribution in [-0.4, -0.2) is 4.98 Å². The minimum atomic E-state index is 0.766. The second-order valence-electron chi connectivity index (χ2n) is 11.2. The molecule has 0 amide bonds. The number of pyridine rings is 1. The van der Waals surface area contributed by atoms with Crippen LogP contribution in [0.2, 0.25) is 0 Å². The molecule has 0 spiro atoms. The fourth-order valence-electron chi connectivity index (χ4n) is 6.53. The number of hydrogen-bond donors (Lipinski definition) is 0. The van der Waals surface area contributed by atoms with Crippen LogP contribution in [0, 0.1) is 0 Å². The van der Waals surface area contributed by atoms with Gasteiger partial charge in [0.25, 0.3) is 0 Å². The standard InChI is InChI=1S/C41H26N2O/c1-2-10-27(11-3-1)28-20-23-31(24-21-28)43(32-25-22-30-19-18-29-12-4-5-13-33(29)36(30)26-32)41-40-39(34-14-6-8-16-37(34)42-41)35-15-7-9-17-38(35)44-40/h1-26H. The highest BCUT2D eigenvalue weighted by Gasteiger charge is 2.23. The van der Waals surface area contributed by atoms with Crippen molar-refractivity contribution in [3.63, 3.8) is 0 Å². The number of hydrogen-bond acceptors (Lipinski definition) is 3. The van der Waals surface area contributed by atoms with E-state index in [1.807, 2.05) is 24.3 Å². The van der Waals surface area contributed by atoms with E-state index < -0.39 is 0 Å². The van der Waals surface area contributed by atoms with Crippen molar-refractivity contribution in [1.29, 1.82) is 0 Å². The number of nitrogens with zero attached hydrogens (tertiary/aromatic N) is 2. The maximum atomic E-state index is 6.66. The van der Waals surface area contributed by atoms with Gasteiger partial charge in [-0.05, 0) is 69.1 Å². The first-order valence-electron chi connectivity index (χ1n) is 14.9. The lowest BCUT2D eigenvalue weighted by molar-refractivity contribution is 0.667. The third kappa shape index (κ3) is 3.87. The van der Waals surface area contributed by atoms with Crippen LogP contribution < -0.4 is 4.90 Å². The molecule has 0 fully saturated rings. The highest BCUT2D eigenvalue weighted by Crippen LogP contribution is 2.44. The average molecular weight is 563 g/mol. The molecule has 0 radical (unpaired) electrons. The van der Waals surface area contributed by atoms with Crippen molar-refractivity contribution in [2.45, 2.75) is 0 Å². The number of rotatable bonds is 4. The summed E-state index contributed by atoms with van der Waals surface area (Å²) in [7, 11) is 0. The van der Waals surface area contributed by atoms with E-state index in [2.05, 4.69) is 138 Å². The normalized spacial score (nSPS) is 11.6. The molecule has 7 aromatic carbocycles. The summed E-state index contributed by atoms with van der Waals surface area (Å²) in [5.74, 6) is 0.766. The maximum Gasteiger partial charge on any atom is 0.182 e. The Morgan fingerprint density at radius 2 is 1.07 bits per heavy atom. The molecule has 2 aromatic heterocycles. The van der Waals surface area contributed by atoms with Gasteiger partial charge in [0.2, 0.25) is 0 Å². The summed E-state index contributed by atoms with van der Waals surface area (Å²) in [5, 5.41) is 8.11. The molecule has 0 unspecified atom stereocenters. The minimum absolute atomic E-state index is 0.766. The summed E-state index contributed by atoms with van der Waals surface area (Å²) in [6.45, 7) is 0. The molecule has 3 heteroatoms. The van der Waals surface area contributed by atoms with Gasteiger partial charge in [-0.15, -0.1) is 0 Å². The summed E-state index contributed by atoms with van der Waals surface area (Å²) in [6, 6.07) is 55.5. The first-order valence-corrected chi connectivity index (χ1v) is 14.9. The molecular formula is C41H26N2O. The molecular weight excluding hydrogens is 536 g/mol. The first kappa shape index (κ1) is 24.6. The van der Waals surface area contributed by atoms with Crippen LogP contribution in [0.15, 0.2) is 162 Å². The highest BCUT2D eigenvalue weighted by molar-refractivity contribution is 6.21. The van der Waals surface area contributed by atoms with E-state index in [0.717, 1.165) is 50.0 Å². The van der Waals surface area contributed by atoms with Gasteiger partial charge in [-0.25, -0.2) is 4.98 Å². The smallest absolute Gasteiger partial charge is 0.182 e. The van der Waals surface area contributed by atoms with Crippen LogP contribution >= 0.6 is 0 Å². The summed E-state index contributed by atoms with van der Waals surface area (Å²) in [4.78, 5) is 7.55. The van der Waals surface area contributed by atoms with E-state index in [4.69, 9.17) is 9.40 Å². The average Bonchev–Trinajstić information content (AvgIpc) is 3.49. The van der Waals surface area contributed by atoms with Crippen LogP contribution in [0.3, 0.4) is 0 Å². The van der Waals surface area contributed by atoms with Crippen molar-refractivity contribution in [3.05, 3.63) is 158 Å². The molecule has 0 aliphatic rings. The quantitative estimate of drug-likeness (QED) is 0.200. The Morgan fingerprint density at radius 1 is 0.455 bits per heavy atom. The number of furan rings is 1. The number of fused-ring (bicyclic) bond motifs is 8. The summed E-state index contributed by atoms with van der Waals surface area (Å²) < 4.78 is 6.66. The Balaban J connectivity index is 1.35. The Labute approximate surface area is 254 Å². The molecule has 2 heterocycles. The molecule has 0 aliphatic heterocycles. The van der Waals surface area contributed by atoms with Crippen LogP contribution in [0.25, 0.3) is 65.5 Å². The van der Waals surface area contributed by atoms with Gasteiger partial charge in [-0.2, -0.15) is 0 Å². The highest BCUT2D eigenvalue weighted by atomic mass is 16.3. The van der Waals surface area contributed by atoms with E-state index in [-0.39, 0.29) is 0 Å². The van der Waals surface area contributed by atoms with Gasteiger partial charge in [0.05, 0.1) is 5.52 Å². The molecule has 0 saturated carbocycles. The largest absolute Gasteiger partial charge is 0.452 e.